The molecule has 2 saturated heterocycles. The number of piperidine rings is 1. The van der Waals surface area contributed by atoms with E-state index in [9.17, 15) is 18.0 Å². The third-order valence-electron chi connectivity index (χ3n) is 7.13. The number of carbonyl (C=O) groups is 2. The van der Waals surface area contributed by atoms with Gasteiger partial charge in [-0.2, -0.15) is 4.31 Å². The van der Waals surface area contributed by atoms with Crippen LogP contribution in [0.4, 0.5) is 0 Å². The van der Waals surface area contributed by atoms with Crippen molar-refractivity contribution < 1.29 is 22.7 Å². The predicted molar refractivity (Wildman–Crippen MR) is 131 cm³/mol. The summed E-state index contributed by atoms with van der Waals surface area (Å²) in [5, 5.41) is 3.07. The van der Waals surface area contributed by atoms with E-state index in [4.69, 9.17) is 4.74 Å². The Morgan fingerprint density at radius 2 is 1.62 bits per heavy atom. The summed E-state index contributed by atoms with van der Waals surface area (Å²) in [6.45, 7) is 8.03. The van der Waals surface area contributed by atoms with Crippen molar-refractivity contribution in [2.24, 2.45) is 11.8 Å². The molecule has 1 aromatic carbocycles. The first-order chi connectivity index (χ1) is 16.1. The number of benzene rings is 1. The largest absolute Gasteiger partial charge is 0.496 e. The number of carbonyl (C=O) groups excluding carboxylic acids is 2. The minimum Gasteiger partial charge on any atom is -0.496 e. The molecule has 0 radical (unpaired) electrons. The van der Waals surface area contributed by atoms with Crippen molar-refractivity contribution >= 4 is 21.8 Å². The smallest absolute Gasteiger partial charge is 0.257 e. The SMILES string of the molecule is COc1ccc(S(=O)(=O)N2CCCCCC2)cc1C(=O)N1CCC(C(=O)NC(C)C(C)C)CC1. The minimum atomic E-state index is -3.68. The summed E-state index contributed by atoms with van der Waals surface area (Å²) in [5.74, 6) is 0.360. The molecule has 9 heteroatoms. The zero-order chi connectivity index (χ0) is 24.9. The highest BCUT2D eigenvalue weighted by molar-refractivity contribution is 7.89. The predicted octanol–water partition coefficient (Wildman–Crippen LogP) is 3.27. The van der Waals surface area contributed by atoms with Gasteiger partial charge in [-0.25, -0.2) is 8.42 Å². The molecule has 2 aliphatic rings. The fourth-order valence-corrected chi connectivity index (χ4v) is 6.01. The van der Waals surface area contributed by atoms with Crippen LogP contribution in [-0.4, -0.2) is 68.8 Å². The molecule has 3 rings (SSSR count). The second kappa shape index (κ2) is 11.5. The van der Waals surface area contributed by atoms with Crippen LogP contribution in [0.3, 0.4) is 0 Å². The molecule has 2 heterocycles. The summed E-state index contributed by atoms with van der Waals surface area (Å²) in [6, 6.07) is 4.63. The van der Waals surface area contributed by atoms with Crippen LogP contribution in [0.1, 0.15) is 69.7 Å². The van der Waals surface area contributed by atoms with Gasteiger partial charge in [0.05, 0.1) is 17.6 Å². The second-order valence-electron chi connectivity index (χ2n) is 9.79. The van der Waals surface area contributed by atoms with Gasteiger partial charge in [0, 0.05) is 38.1 Å². The molecule has 0 saturated carbocycles. The van der Waals surface area contributed by atoms with E-state index < -0.39 is 10.0 Å². The van der Waals surface area contributed by atoms with Crippen LogP contribution in [0.15, 0.2) is 23.1 Å². The number of ether oxygens (including phenoxy) is 1. The Morgan fingerprint density at radius 3 is 2.18 bits per heavy atom. The Hall–Kier alpha value is -2.13. The van der Waals surface area contributed by atoms with Gasteiger partial charge in [-0.1, -0.05) is 26.7 Å². The molecule has 0 spiro atoms. The molecule has 0 bridgehead atoms. The van der Waals surface area contributed by atoms with Gasteiger partial charge in [0.25, 0.3) is 5.91 Å². The maximum absolute atomic E-state index is 13.4. The molecule has 1 N–H and O–H groups in total. The number of rotatable bonds is 7. The van der Waals surface area contributed by atoms with E-state index in [1.54, 1.807) is 11.0 Å². The molecule has 2 amide bonds. The lowest BCUT2D eigenvalue weighted by molar-refractivity contribution is -0.127. The van der Waals surface area contributed by atoms with Crippen LogP contribution in [0.25, 0.3) is 0 Å². The molecule has 0 aromatic heterocycles. The molecule has 8 nitrogen and oxygen atoms in total. The molecule has 0 aliphatic carbocycles. The maximum Gasteiger partial charge on any atom is 0.257 e. The fourth-order valence-electron chi connectivity index (χ4n) is 4.47. The topological polar surface area (TPSA) is 96.0 Å². The summed E-state index contributed by atoms with van der Waals surface area (Å²) in [7, 11) is -2.21. The van der Waals surface area contributed by atoms with Crippen molar-refractivity contribution in [3.05, 3.63) is 23.8 Å². The number of hydrogen-bond donors (Lipinski definition) is 1. The van der Waals surface area contributed by atoms with Crippen LogP contribution in [-0.2, 0) is 14.8 Å². The van der Waals surface area contributed by atoms with Crippen LogP contribution in [0, 0.1) is 11.8 Å². The highest BCUT2D eigenvalue weighted by atomic mass is 32.2. The molecular formula is C25H39N3O5S. The van der Waals surface area contributed by atoms with Gasteiger partial charge in [0.1, 0.15) is 5.75 Å². The summed E-state index contributed by atoms with van der Waals surface area (Å²) in [4.78, 5) is 27.8. The van der Waals surface area contributed by atoms with Gasteiger partial charge >= 0.3 is 0 Å². The maximum atomic E-state index is 13.4. The van der Waals surface area contributed by atoms with Gasteiger partial charge in [-0.15, -0.1) is 0 Å². The fraction of sp³-hybridized carbons (Fsp3) is 0.680. The van der Waals surface area contributed by atoms with Crippen molar-refractivity contribution in [3.63, 3.8) is 0 Å². The Kier molecular flexibility index (Phi) is 8.98. The molecule has 2 aliphatic heterocycles. The Balaban J connectivity index is 1.73. The van der Waals surface area contributed by atoms with Crippen molar-refractivity contribution in [1.29, 1.82) is 0 Å². The monoisotopic (exact) mass is 493 g/mol. The van der Waals surface area contributed by atoms with E-state index in [0.29, 0.717) is 50.7 Å². The zero-order valence-corrected chi connectivity index (χ0v) is 21.7. The van der Waals surface area contributed by atoms with Gasteiger partial charge in [0.2, 0.25) is 15.9 Å². The summed E-state index contributed by atoms with van der Waals surface area (Å²) in [6.07, 6.45) is 4.91. The first kappa shape index (κ1) is 26.5. The molecule has 1 atom stereocenters. The van der Waals surface area contributed by atoms with E-state index in [-0.39, 0.29) is 34.2 Å². The summed E-state index contributed by atoms with van der Waals surface area (Å²) < 4.78 is 33.4. The van der Waals surface area contributed by atoms with Crippen LogP contribution in [0.5, 0.6) is 5.75 Å². The quantitative estimate of drug-likeness (QED) is 0.629. The standard InChI is InChI=1S/C25H39N3O5S/c1-18(2)19(3)26-24(29)20-11-15-27(16-12-20)25(30)22-17-21(9-10-23(22)33-4)34(31,32)28-13-7-5-6-8-14-28/h9-10,17-20H,5-8,11-16H2,1-4H3,(H,26,29). The van der Waals surface area contributed by atoms with E-state index in [2.05, 4.69) is 19.2 Å². The molecule has 190 valence electrons. The van der Waals surface area contributed by atoms with Crippen LogP contribution in [0.2, 0.25) is 0 Å². The lowest BCUT2D eigenvalue weighted by Crippen LogP contribution is -2.45. The number of hydrogen-bond acceptors (Lipinski definition) is 5. The number of likely N-dealkylation sites (tertiary alicyclic amines) is 1. The average Bonchev–Trinajstić information content (AvgIpc) is 3.13. The average molecular weight is 494 g/mol. The van der Waals surface area contributed by atoms with Crippen molar-refractivity contribution in [3.8, 4) is 5.75 Å². The lowest BCUT2D eigenvalue weighted by Gasteiger charge is -2.32. The third-order valence-corrected chi connectivity index (χ3v) is 9.02. The van der Waals surface area contributed by atoms with E-state index in [0.717, 1.165) is 25.7 Å². The van der Waals surface area contributed by atoms with Crippen molar-refractivity contribution in [2.75, 3.05) is 33.3 Å². The first-order valence-electron chi connectivity index (χ1n) is 12.4. The number of nitrogens with one attached hydrogen (secondary N) is 1. The number of amides is 2. The van der Waals surface area contributed by atoms with Crippen molar-refractivity contribution in [2.45, 2.75) is 70.2 Å². The zero-order valence-electron chi connectivity index (χ0n) is 20.9. The van der Waals surface area contributed by atoms with E-state index in [1.165, 1.54) is 23.5 Å². The van der Waals surface area contributed by atoms with Crippen molar-refractivity contribution in [1.82, 2.24) is 14.5 Å². The molecule has 1 unspecified atom stereocenters. The van der Waals surface area contributed by atoms with Gasteiger partial charge < -0.3 is 15.0 Å². The molecule has 1 aromatic rings. The van der Waals surface area contributed by atoms with Crippen LogP contribution < -0.4 is 10.1 Å². The Bertz CT molecular complexity index is 963. The van der Waals surface area contributed by atoms with Gasteiger partial charge in [0.15, 0.2) is 0 Å². The van der Waals surface area contributed by atoms with E-state index >= 15 is 0 Å². The normalized spacial score (nSPS) is 19.5. The number of nitrogens with zero attached hydrogens (tertiary/aromatic N) is 2. The highest BCUT2D eigenvalue weighted by Crippen LogP contribution is 2.29. The first-order valence-corrected chi connectivity index (χ1v) is 13.9. The number of methoxy groups -OCH3 is 1. The Labute approximate surface area is 204 Å². The minimum absolute atomic E-state index is 0.0384. The van der Waals surface area contributed by atoms with Gasteiger partial charge in [-0.3, -0.25) is 9.59 Å². The Morgan fingerprint density at radius 1 is 1.00 bits per heavy atom. The summed E-state index contributed by atoms with van der Waals surface area (Å²) >= 11 is 0. The molecule has 2 fully saturated rings. The third kappa shape index (κ3) is 6.10. The summed E-state index contributed by atoms with van der Waals surface area (Å²) in [5.41, 5.74) is 0.245. The number of sulfonamides is 1. The second-order valence-corrected chi connectivity index (χ2v) is 11.7. The lowest BCUT2D eigenvalue weighted by atomic mass is 9.94. The highest BCUT2D eigenvalue weighted by Gasteiger charge is 2.31. The molecule has 34 heavy (non-hydrogen) atoms. The van der Waals surface area contributed by atoms with Crippen LogP contribution >= 0.6 is 0 Å². The van der Waals surface area contributed by atoms with Gasteiger partial charge in [-0.05, 0) is 56.7 Å². The molecular weight excluding hydrogens is 454 g/mol. The van der Waals surface area contributed by atoms with E-state index in [1.807, 2.05) is 6.92 Å².